The fraction of sp³-hybridized carbons (Fsp3) is 0.250. The monoisotopic (exact) mass is 296 g/mol. The summed E-state index contributed by atoms with van der Waals surface area (Å²) in [5.41, 5.74) is 3.92. The summed E-state index contributed by atoms with van der Waals surface area (Å²) in [7, 11) is 1.63. The second kappa shape index (κ2) is 6.18. The van der Waals surface area contributed by atoms with Crippen LogP contribution in [0.15, 0.2) is 42.5 Å². The Morgan fingerprint density at radius 3 is 2.10 bits per heavy atom. The zero-order valence-electron chi connectivity index (χ0n) is 11.7. The normalized spacial score (nSPS) is 11.5. The van der Waals surface area contributed by atoms with E-state index in [0.717, 1.165) is 22.3 Å². The maximum absolute atomic E-state index is 12.1. The van der Waals surface area contributed by atoms with Gasteiger partial charge in [-0.3, -0.25) is 0 Å². The lowest BCUT2D eigenvalue weighted by Gasteiger charge is -2.10. The van der Waals surface area contributed by atoms with Crippen LogP contribution in [0.1, 0.15) is 11.1 Å². The Balaban J connectivity index is 2.21. The number of alkyl halides is 3. The lowest BCUT2D eigenvalue weighted by molar-refractivity contribution is -0.274. The van der Waals surface area contributed by atoms with Crippen LogP contribution in [0, 0.1) is 6.92 Å². The van der Waals surface area contributed by atoms with E-state index < -0.39 is 6.36 Å². The second-order valence-corrected chi connectivity index (χ2v) is 4.65. The van der Waals surface area contributed by atoms with Crippen molar-refractivity contribution in [1.82, 2.24) is 0 Å². The molecule has 0 aliphatic rings. The Hall–Kier alpha value is -2.01. The third-order valence-electron chi connectivity index (χ3n) is 3.06. The predicted molar refractivity (Wildman–Crippen MR) is 74.0 cm³/mol. The summed E-state index contributed by atoms with van der Waals surface area (Å²) in [6.45, 7) is 2.50. The van der Waals surface area contributed by atoms with Crippen molar-refractivity contribution in [1.29, 1.82) is 0 Å². The Labute approximate surface area is 121 Å². The Kier molecular flexibility index (Phi) is 4.53. The molecule has 0 amide bonds. The van der Waals surface area contributed by atoms with Crippen LogP contribution in [0.2, 0.25) is 0 Å². The minimum Gasteiger partial charge on any atom is -0.406 e. The molecule has 2 aromatic carbocycles. The molecular weight excluding hydrogens is 281 g/mol. The molecule has 0 heterocycles. The molecule has 0 aliphatic heterocycles. The van der Waals surface area contributed by atoms with Crippen molar-refractivity contribution < 1.29 is 22.6 Å². The Morgan fingerprint density at radius 2 is 1.57 bits per heavy atom. The number of ether oxygens (including phenoxy) is 2. The third kappa shape index (κ3) is 4.23. The molecular formula is C16H15F3O2. The van der Waals surface area contributed by atoms with E-state index in [1.165, 1.54) is 12.1 Å². The van der Waals surface area contributed by atoms with Crippen LogP contribution in [0.4, 0.5) is 13.2 Å². The van der Waals surface area contributed by atoms with Gasteiger partial charge in [0.25, 0.3) is 0 Å². The molecule has 112 valence electrons. The molecule has 0 spiro atoms. The van der Waals surface area contributed by atoms with Crippen molar-refractivity contribution in [3.8, 4) is 16.9 Å². The SMILES string of the molecule is COCc1ccc(-c2ccc(OC(F)(F)F)cc2)cc1C. The Bertz CT molecular complexity index is 604. The summed E-state index contributed by atoms with van der Waals surface area (Å²) in [6, 6.07) is 11.7. The van der Waals surface area contributed by atoms with Crippen molar-refractivity contribution in [2.45, 2.75) is 19.9 Å². The molecule has 21 heavy (non-hydrogen) atoms. The minimum atomic E-state index is -4.67. The van der Waals surface area contributed by atoms with Gasteiger partial charge in [-0.05, 0) is 41.3 Å². The van der Waals surface area contributed by atoms with Gasteiger partial charge in [0.1, 0.15) is 5.75 Å². The molecule has 0 saturated carbocycles. The summed E-state index contributed by atoms with van der Waals surface area (Å²) >= 11 is 0. The van der Waals surface area contributed by atoms with Crippen LogP contribution in [-0.2, 0) is 11.3 Å². The molecule has 0 bridgehead atoms. The van der Waals surface area contributed by atoms with E-state index in [4.69, 9.17) is 4.74 Å². The highest BCUT2D eigenvalue weighted by Gasteiger charge is 2.30. The molecule has 2 nitrogen and oxygen atoms in total. The molecule has 0 atom stereocenters. The third-order valence-corrected chi connectivity index (χ3v) is 3.06. The molecule has 2 rings (SSSR count). The molecule has 5 heteroatoms. The summed E-state index contributed by atoms with van der Waals surface area (Å²) < 4.78 is 45.2. The van der Waals surface area contributed by atoms with E-state index in [1.807, 2.05) is 25.1 Å². The lowest BCUT2D eigenvalue weighted by Crippen LogP contribution is -2.16. The standard InChI is InChI=1S/C16H15F3O2/c1-11-9-13(3-4-14(11)10-20-2)12-5-7-15(8-6-12)21-16(17,18)19/h3-9H,10H2,1-2H3. The molecule has 0 saturated heterocycles. The van der Waals surface area contributed by atoms with Crippen molar-refractivity contribution >= 4 is 0 Å². The number of aryl methyl sites for hydroxylation is 1. The number of halogens is 3. The second-order valence-electron chi connectivity index (χ2n) is 4.65. The van der Waals surface area contributed by atoms with E-state index in [-0.39, 0.29) is 5.75 Å². The summed E-state index contributed by atoms with van der Waals surface area (Å²) in [4.78, 5) is 0. The van der Waals surface area contributed by atoms with Gasteiger partial charge in [-0.2, -0.15) is 0 Å². The van der Waals surface area contributed by atoms with Crippen LogP contribution in [0.25, 0.3) is 11.1 Å². The van der Waals surface area contributed by atoms with Gasteiger partial charge >= 0.3 is 6.36 Å². The fourth-order valence-corrected chi connectivity index (χ4v) is 2.04. The van der Waals surface area contributed by atoms with Crippen LogP contribution in [-0.4, -0.2) is 13.5 Å². The summed E-state index contributed by atoms with van der Waals surface area (Å²) in [5.74, 6) is -0.223. The van der Waals surface area contributed by atoms with Crippen molar-refractivity contribution in [2.75, 3.05) is 7.11 Å². The molecule has 0 radical (unpaired) electrons. The van der Waals surface area contributed by atoms with Gasteiger partial charge in [-0.25, -0.2) is 0 Å². The maximum atomic E-state index is 12.1. The molecule has 0 unspecified atom stereocenters. The Morgan fingerprint density at radius 1 is 0.952 bits per heavy atom. The first-order valence-corrected chi connectivity index (χ1v) is 6.34. The molecule has 2 aromatic rings. The average Bonchev–Trinajstić information content (AvgIpc) is 2.40. The number of rotatable bonds is 4. The van der Waals surface area contributed by atoms with Gasteiger partial charge in [0.05, 0.1) is 6.61 Å². The van der Waals surface area contributed by atoms with Gasteiger partial charge in [0.15, 0.2) is 0 Å². The first kappa shape index (κ1) is 15.4. The van der Waals surface area contributed by atoms with Crippen LogP contribution >= 0.6 is 0 Å². The quantitative estimate of drug-likeness (QED) is 0.813. The fourth-order valence-electron chi connectivity index (χ4n) is 2.04. The predicted octanol–water partition coefficient (Wildman–Crippen LogP) is 4.71. The van der Waals surface area contributed by atoms with E-state index in [9.17, 15) is 13.2 Å². The average molecular weight is 296 g/mol. The first-order valence-electron chi connectivity index (χ1n) is 6.34. The maximum Gasteiger partial charge on any atom is 0.573 e. The van der Waals surface area contributed by atoms with Crippen LogP contribution < -0.4 is 4.74 Å². The first-order chi connectivity index (χ1) is 9.89. The van der Waals surface area contributed by atoms with Gasteiger partial charge < -0.3 is 9.47 Å². The van der Waals surface area contributed by atoms with Gasteiger partial charge in [0, 0.05) is 7.11 Å². The van der Waals surface area contributed by atoms with E-state index in [2.05, 4.69) is 4.74 Å². The van der Waals surface area contributed by atoms with E-state index in [0.29, 0.717) is 6.61 Å². The topological polar surface area (TPSA) is 18.5 Å². The lowest BCUT2D eigenvalue weighted by atomic mass is 10.00. The summed E-state index contributed by atoms with van der Waals surface area (Å²) in [5, 5.41) is 0. The van der Waals surface area contributed by atoms with Gasteiger partial charge in [0.2, 0.25) is 0 Å². The van der Waals surface area contributed by atoms with E-state index in [1.54, 1.807) is 19.2 Å². The zero-order valence-corrected chi connectivity index (χ0v) is 11.7. The zero-order chi connectivity index (χ0) is 15.5. The minimum absolute atomic E-state index is 0.223. The van der Waals surface area contributed by atoms with Crippen molar-refractivity contribution in [3.05, 3.63) is 53.6 Å². The number of hydrogen-bond donors (Lipinski definition) is 0. The molecule has 0 aliphatic carbocycles. The number of methoxy groups -OCH3 is 1. The van der Waals surface area contributed by atoms with E-state index >= 15 is 0 Å². The largest absolute Gasteiger partial charge is 0.573 e. The summed E-state index contributed by atoms with van der Waals surface area (Å²) in [6.07, 6.45) is -4.67. The highest BCUT2D eigenvalue weighted by Crippen LogP contribution is 2.27. The smallest absolute Gasteiger partial charge is 0.406 e. The molecule has 0 N–H and O–H groups in total. The van der Waals surface area contributed by atoms with Gasteiger partial charge in [-0.15, -0.1) is 13.2 Å². The highest BCUT2D eigenvalue weighted by molar-refractivity contribution is 5.65. The highest BCUT2D eigenvalue weighted by atomic mass is 19.4. The van der Waals surface area contributed by atoms with Crippen LogP contribution in [0.3, 0.4) is 0 Å². The van der Waals surface area contributed by atoms with Crippen molar-refractivity contribution in [3.63, 3.8) is 0 Å². The number of benzene rings is 2. The number of hydrogen-bond acceptors (Lipinski definition) is 2. The van der Waals surface area contributed by atoms with Crippen molar-refractivity contribution in [2.24, 2.45) is 0 Å². The molecule has 0 aromatic heterocycles. The van der Waals surface area contributed by atoms with Gasteiger partial charge in [-0.1, -0.05) is 30.3 Å². The molecule has 0 fully saturated rings. The van der Waals surface area contributed by atoms with Crippen LogP contribution in [0.5, 0.6) is 5.75 Å².